The molecule has 140 valence electrons. The molecule has 0 atom stereocenters. The first kappa shape index (κ1) is 19.1. The first-order valence-corrected chi connectivity index (χ1v) is 8.77. The first-order valence-electron chi connectivity index (χ1n) is 8.77. The van der Waals surface area contributed by atoms with Gasteiger partial charge in [-0.2, -0.15) is 13.2 Å². The summed E-state index contributed by atoms with van der Waals surface area (Å²) < 4.78 is 39.5. The third-order valence-corrected chi connectivity index (χ3v) is 4.72. The molecule has 2 nitrogen and oxygen atoms in total. The molecule has 0 saturated carbocycles. The van der Waals surface area contributed by atoms with E-state index in [4.69, 9.17) is 0 Å². The summed E-state index contributed by atoms with van der Waals surface area (Å²) in [6, 6.07) is 8.86. The molecule has 3 aromatic rings. The van der Waals surface area contributed by atoms with Crippen molar-refractivity contribution in [2.24, 2.45) is 0 Å². The Kier molecular flexibility index (Phi) is 5.05. The van der Waals surface area contributed by atoms with Gasteiger partial charge in [-0.15, -0.1) is 0 Å². The summed E-state index contributed by atoms with van der Waals surface area (Å²) in [5, 5.41) is 0. The second-order valence-corrected chi connectivity index (χ2v) is 7.00. The van der Waals surface area contributed by atoms with E-state index in [-0.39, 0.29) is 5.69 Å². The van der Waals surface area contributed by atoms with Gasteiger partial charge < -0.3 is 0 Å². The molecule has 27 heavy (non-hydrogen) atoms. The number of alkyl halides is 3. The van der Waals surface area contributed by atoms with Crippen LogP contribution in [0, 0.1) is 13.8 Å². The van der Waals surface area contributed by atoms with Crippen LogP contribution in [0.25, 0.3) is 22.3 Å². The van der Waals surface area contributed by atoms with Crippen LogP contribution in [-0.2, 0) is 6.18 Å². The van der Waals surface area contributed by atoms with E-state index in [1.54, 1.807) is 6.20 Å². The monoisotopic (exact) mass is 370 g/mol. The van der Waals surface area contributed by atoms with Crippen molar-refractivity contribution in [3.05, 3.63) is 71.3 Å². The smallest absolute Gasteiger partial charge is 0.264 e. The Labute approximate surface area is 157 Å². The van der Waals surface area contributed by atoms with E-state index in [1.807, 2.05) is 37.4 Å². The molecule has 0 unspecified atom stereocenters. The fourth-order valence-corrected chi connectivity index (χ4v) is 3.26. The largest absolute Gasteiger partial charge is 0.418 e. The summed E-state index contributed by atoms with van der Waals surface area (Å²) in [4.78, 5) is 8.18. The molecule has 0 aliphatic carbocycles. The van der Waals surface area contributed by atoms with E-state index in [1.165, 1.54) is 24.8 Å². The molecule has 0 amide bonds. The van der Waals surface area contributed by atoms with E-state index in [0.29, 0.717) is 17.0 Å². The lowest BCUT2D eigenvalue weighted by atomic mass is 9.90. The normalized spacial score (nSPS) is 11.9. The van der Waals surface area contributed by atoms with Gasteiger partial charge in [0, 0.05) is 35.4 Å². The van der Waals surface area contributed by atoms with Crippen LogP contribution in [0.4, 0.5) is 13.2 Å². The molecule has 0 radical (unpaired) electrons. The fraction of sp³-hybridized carbons (Fsp3) is 0.273. The average Bonchev–Trinajstić information content (AvgIpc) is 2.61. The average molecular weight is 370 g/mol. The van der Waals surface area contributed by atoms with E-state index < -0.39 is 11.7 Å². The van der Waals surface area contributed by atoms with E-state index in [2.05, 4.69) is 23.8 Å². The predicted octanol–water partition coefficient (Wildman–Crippen LogP) is 6.57. The van der Waals surface area contributed by atoms with Crippen molar-refractivity contribution in [3.63, 3.8) is 0 Å². The van der Waals surface area contributed by atoms with Gasteiger partial charge in [-0.1, -0.05) is 32.0 Å². The Hall–Kier alpha value is -2.69. The molecule has 0 saturated heterocycles. The molecular weight excluding hydrogens is 349 g/mol. The van der Waals surface area contributed by atoms with Crippen LogP contribution in [0.3, 0.4) is 0 Å². The van der Waals surface area contributed by atoms with Crippen LogP contribution < -0.4 is 0 Å². The summed E-state index contributed by atoms with van der Waals surface area (Å²) in [6.45, 7) is 7.58. The summed E-state index contributed by atoms with van der Waals surface area (Å²) in [5.74, 6) is 0.345. The van der Waals surface area contributed by atoms with Gasteiger partial charge in [-0.25, -0.2) is 0 Å². The minimum absolute atomic E-state index is 0.0171. The summed E-state index contributed by atoms with van der Waals surface area (Å²) in [7, 11) is 0. The topological polar surface area (TPSA) is 25.8 Å². The molecular formula is C22H21F3N2. The van der Waals surface area contributed by atoms with Crippen molar-refractivity contribution in [2.45, 2.75) is 39.8 Å². The van der Waals surface area contributed by atoms with Gasteiger partial charge in [-0.05, 0) is 54.2 Å². The fourth-order valence-electron chi connectivity index (χ4n) is 3.26. The Balaban J connectivity index is 2.07. The molecule has 1 aromatic carbocycles. The highest BCUT2D eigenvalue weighted by Crippen LogP contribution is 2.36. The second-order valence-electron chi connectivity index (χ2n) is 7.00. The molecule has 0 aliphatic heterocycles. The molecule has 0 N–H and O–H groups in total. The predicted molar refractivity (Wildman–Crippen MR) is 101 cm³/mol. The zero-order valence-corrected chi connectivity index (χ0v) is 15.7. The highest BCUT2D eigenvalue weighted by Gasteiger charge is 2.33. The molecule has 5 heteroatoms. The maximum Gasteiger partial charge on any atom is 0.418 e. The maximum absolute atomic E-state index is 13.2. The summed E-state index contributed by atoms with van der Waals surface area (Å²) in [5.41, 5.74) is 4.71. The van der Waals surface area contributed by atoms with Crippen molar-refractivity contribution < 1.29 is 13.2 Å². The quantitative estimate of drug-likeness (QED) is 0.521. The van der Waals surface area contributed by atoms with Crippen LogP contribution in [0.1, 0.15) is 42.1 Å². The lowest BCUT2D eigenvalue weighted by Gasteiger charge is -2.16. The van der Waals surface area contributed by atoms with Crippen molar-refractivity contribution >= 4 is 0 Å². The maximum atomic E-state index is 13.2. The lowest BCUT2D eigenvalue weighted by molar-refractivity contribution is -0.138. The Morgan fingerprint density at radius 2 is 1.63 bits per heavy atom. The number of halogens is 3. The zero-order chi connectivity index (χ0) is 19.8. The van der Waals surface area contributed by atoms with Crippen LogP contribution in [0.5, 0.6) is 0 Å². The van der Waals surface area contributed by atoms with Crippen LogP contribution in [-0.4, -0.2) is 9.97 Å². The number of hydrogen-bond acceptors (Lipinski definition) is 2. The van der Waals surface area contributed by atoms with Crippen molar-refractivity contribution in [2.75, 3.05) is 0 Å². The number of benzene rings is 1. The molecule has 0 fully saturated rings. The number of rotatable bonds is 3. The molecule has 2 aromatic heterocycles. The van der Waals surface area contributed by atoms with Gasteiger partial charge in [0.2, 0.25) is 0 Å². The lowest BCUT2D eigenvalue weighted by Crippen LogP contribution is -2.08. The minimum Gasteiger partial charge on any atom is -0.264 e. The van der Waals surface area contributed by atoms with Crippen molar-refractivity contribution in [3.8, 4) is 22.3 Å². The molecule has 3 rings (SSSR count). The highest BCUT2D eigenvalue weighted by molar-refractivity contribution is 5.75. The van der Waals surface area contributed by atoms with Gasteiger partial charge in [-0.3, -0.25) is 9.97 Å². The first-order chi connectivity index (χ1) is 12.7. The summed E-state index contributed by atoms with van der Waals surface area (Å²) >= 11 is 0. The highest BCUT2D eigenvalue weighted by atomic mass is 19.4. The van der Waals surface area contributed by atoms with E-state index >= 15 is 0 Å². The van der Waals surface area contributed by atoms with E-state index in [0.717, 1.165) is 16.7 Å². The van der Waals surface area contributed by atoms with Crippen LogP contribution >= 0.6 is 0 Å². The number of aromatic nitrogens is 2. The molecule has 0 bridgehead atoms. The van der Waals surface area contributed by atoms with E-state index in [9.17, 15) is 13.2 Å². The Bertz CT molecular complexity index is 976. The number of hydrogen-bond donors (Lipinski definition) is 0. The SMILES string of the molecule is Cc1cc(-c2cnc(C)c(C(F)(F)F)c2)ccc1-c1cnccc1C(C)C. The minimum atomic E-state index is -4.41. The van der Waals surface area contributed by atoms with Gasteiger partial charge >= 0.3 is 6.18 Å². The number of pyridine rings is 2. The Morgan fingerprint density at radius 1 is 0.889 bits per heavy atom. The van der Waals surface area contributed by atoms with Gasteiger partial charge in [0.1, 0.15) is 0 Å². The summed E-state index contributed by atoms with van der Waals surface area (Å²) in [6.07, 6.45) is 0.693. The van der Waals surface area contributed by atoms with Gasteiger partial charge in [0.15, 0.2) is 0 Å². The van der Waals surface area contributed by atoms with Crippen molar-refractivity contribution in [1.29, 1.82) is 0 Å². The third-order valence-electron chi connectivity index (χ3n) is 4.72. The van der Waals surface area contributed by atoms with Crippen LogP contribution in [0.2, 0.25) is 0 Å². The van der Waals surface area contributed by atoms with Gasteiger partial charge in [0.05, 0.1) is 5.56 Å². The molecule has 0 aliphatic rings. The second kappa shape index (κ2) is 7.14. The number of nitrogens with zero attached hydrogens (tertiary/aromatic N) is 2. The number of aryl methyl sites for hydroxylation is 2. The van der Waals surface area contributed by atoms with Crippen LogP contribution in [0.15, 0.2) is 48.9 Å². The van der Waals surface area contributed by atoms with Crippen molar-refractivity contribution in [1.82, 2.24) is 9.97 Å². The molecule has 2 heterocycles. The zero-order valence-electron chi connectivity index (χ0n) is 15.7. The molecule has 0 spiro atoms. The Morgan fingerprint density at radius 3 is 2.26 bits per heavy atom. The standard InChI is InChI=1S/C22H21F3N2/c1-13(2)18-7-8-26-12-20(18)19-6-5-16(9-14(19)3)17-10-21(22(23,24)25)15(4)27-11-17/h5-13H,1-4H3. The third kappa shape index (κ3) is 3.87. The van der Waals surface area contributed by atoms with Gasteiger partial charge in [0.25, 0.3) is 0 Å².